The molecule has 0 bridgehead atoms. The highest BCUT2D eigenvalue weighted by Crippen LogP contribution is 2.18. The first-order chi connectivity index (χ1) is 10.3. The summed E-state index contributed by atoms with van der Waals surface area (Å²) in [5, 5.41) is 6.53. The molecular formula is C15H24N4OS. The van der Waals surface area contributed by atoms with Gasteiger partial charge in [0, 0.05) is 50.7 Å². The Labute approximate surface area is 130 Å². The predicted octanol–water partition coefficient (Wildman–Crippen LogP) is 0.754. The molecule has 3 heterocycles. The Morgan fingerprint density at radius 3 is 2.95 bits per heavy atom. The van der Waals surface area contributed by atoms with Gasteiger partial charge >= 0.3 is 0 Å². The van der Waals surface area contributed by atoms with Crippen LogP contribution in [0.5, 0.6) is 0 Å². The van der Waals surface area contributed by atoms with E-state index in [9.17, 15) is 4.79 Å². The lowest BCUT2D eigenvalue weighted by atomic mass is 10.2. The van der Waals surface area contributed by atoms with E-state index in [-0.39, 0.29) is 5.91 Å². The van der Waals surface area contributed by atoms with E-state index < -0.39 is 0 Å². The summed E-state index contributed by atoms with van der Waals surface area (Å²) in [6.07, 6.45) is 2.53. The number of aryl methyl sites for hydroxylation is 1. The van der Waals surface area contributed by atoms with E-state index in [1.807, 2.05) is 10.3 Å². The van der Waals surface area contributed by atoms with Gasteiger partial charge in [-0.15, -0.1) is 11.3 Å². The third-order valence-corrected chi connectivity index (χ3v) is 5.46. The number of likely N-dealkylation sites (tertiary alicyclic amines) is 1. The van der Waals surface area contributed by atoms with Gasteiger partial charge < -0.3 is 10.2 Å². The van der Waals surface area contributed by atoms with E-state index in [0.717, 1.165) is 62.8 Å². The van der Waals surface area contributed by atoms with Gasteiger partial charge in [-0.2, -0.15) is 0 Å². The van der Waals surface area contributed by atoms with Crippen molar-refractivity contribution >= 4 is 17.2 Å². The summed E-state index contributed by atoms with van der Waals surface area (Å²) in [6.45, 7) is 8.26. The van der Waals surface area contributed by atoms with Gasteiger partial charge in [-0.3, -0.25) is 9.69 Å². The van der Waals surface area contributed by atoms with Crippen LogP contribution in [0.3, 0.4) is 0 Å². The minimum Gasteiger partial charge on any atom is -0.341 e. The fourth-order valence-electron chi connectivity index (χ4n) is 3.17. The SMILES string of the molecule is CCc1nc(CC(=O)N2CCC(N3CCNCC3)C2)cs1. The molecule has 0 aliphatic carbocycles. The van der Waals surface area contributed by atoms with Crippen LogP contribution in [0, 0.1) is 0 Å². The molecule has 1 unspecified atom stereocenters. The molecule has 6 heteroatoms. The van der Waals surface area contributed by atoms with Gasteiger partial charge in [-0.05, 0) is 12.8 Å². The van der Waals surface area contributed by atoms with E-state index in [0.29, 0.717) is 12.5 Å². The number of aromatic nitrogens is 1. The molecule has 1 aromatic rings. The molecule has 0 saturated carbocycles. The summed E-state index contributed by atoms with van der Waals surface area (Å²) in [4.78, 5) is 21.5. The Kier molecular flexibility index (Phi) is 4.87. The highest BCUT2D eigenvalue weighted by Gasteiger charge is 2.30. The molecule has 1 amide bonds. The maximum Gasteiger partial charge on any atom is 0.228 e. The number of amides is 1. The Morgan fingerprint density at radius 2 is 2.24 bits per heavy atom. The highest BCUT2D eigenvalue weighted by atomic mass is 32.1. The Bertz CT molecular complexity index is 484. The van der Waals surface area contributed by atoms with Crippen LogP contribution < -0.4 is 5.32 Å². The summed E-state index contributed by atoms with van der Waals surface area (Å²) < 4.78 is 0. The van der Waals surface area contributed by atoms with E-state index >= 15 is 0 Å². The topological polar surface area (TPSA) is 48.5 Å². The van der Waals surface area contributed by atoms with Crippen molar-refractivity contribution in [2.75, 3.05) is 39.3 Å². The van der Waals surface area contributed by atoms with Crippen molar-refractivity contribution in [3.05, 3.63) is 16.1 Å². The Balaban J connectivity index is 1.51. The first-order valence-corrected chi connectivity index (χ1v) is 8.80. The van der Waals surface area contributed by atoms with Crippen molar-refractivity contribution < 1.29 is 4.79 Å². The molecule has 116 valence electrons. The van der Waals surface area contributed by atoms with Gasteiger partial charge in [0.25, 0.3) is 0 Å². The Hall–Kier alpha value is -0.980. The van der Waals surface area contributed by atoms with Crippen molar-refractivity contribution in [2.24, 2.45) is 0 Å². The monoisotopic (exact) mass is 308 g/mol. The number of hydrogen-bond donors (Lipinski definition) is 1. The number of hydrogen-bond acceptors (Lipinski definition) is 5. The number of carbonyl (C=O) groups excluding carboxylic acids is 1. The van der Waals surface area contributed by atoms with Crippen LogP contribution in [0.2, 0.25) is 0 Å². The first-order valence-electron chi connectivity index (χ1n) is 7.92. The molecule has 2 fully saturated rings. The zero-order valence-electron chi connectivity index (χ0n) is 12.7. The number of nitrogens with one attached hydrogen (secondary N) is 1. The van der Waals surface area contributed by atoms with Gasteiger partial charge in [-0.25, -0.2) is 4.98 Å². The third-order valence-electron chi connectivity index (χ3n) is 4.42. The molecule has 0 spiro atoms. The standard InChI is InChI=1S/C15H24N4OS/c1-2-14-17-12(11-21-14)9-15(20)19-6-3-13(10-19)18-7-4-16-5-8-18/h11,13,16H,2-10H2,1H3. The third kappa shape index (κ3) is 3.62. The first kappa shape index (κ1) is 14.9. The van der Waals surface area contributed by atoms with Crippen LogP contribution in [-0.4, -0.2) is 66.0 Å². The molecule has 21 heavy (non-hydrogen) atoms. The average molecular weight is 308 g/mol. The molecule has 0 aromatic carbocycles. The van der Waals surface area contributed by atoms with Gasteiger partial charge in [0.1, 0.15) is 0 Å². The summed E-state index contributed by atoms with van der Waals surface area (Å²) in [5.74, 6) is 0.237. The fourth-order valence-corrected chi connectivity index (χ4v) is 3.92. The lowest BCUT2D eigenvalue weighted by Crippen LogP contribution is -2.49. The molecule has 1 aromatic heterocycles. The lowest BCUT2D eigenvalue weighted by molar-refractivity contribution is -0.129. The summed E-state index contributed by atoms with van der Waals surface area (Å²) in [7, 11) is 0. The molecule has 0 radical (unpaired) electrons. The molecular weight excluding hydrogens is 284 g/mol. The second-order valence-corrected chi connectivity index (χ2v) is 6.77. The van der Waals surface area contributed by atoms with Crippen LogP contribution in [-0.2, 0) is 17.6 Å². The lowest BCUT2D eigenvalue weighted by Gasteiger charge is -2.32. The second-order valence-electron chi connectivity index (χ2n) is 5.83. The molecule has 2 aliphatic rings. The van der Waals surface area contributed by atoms with Gasteiger partial charge in [0.15, 0.2) is 0 Å². The minimum absolute atomic E-state index is 0.237. The molecule has 5 nitrogen and oxygen atoms in total. The van der Waals surface area contributed by atoms with Crippen LogP contribution in [0.15, 0.2) is 5.38 Å². The highest BCUT2D eigenvalue weighted by molar-refractivity contribution is 7.09. The molecule has 2 aliphatic heterocycles. The average Bonchev–Trinajstić information content (AvgIpc) is 3.17. The summed E-state index contributed by atoms with van der Waals surface area (Å²) >= 11 is 1.66. The maximum atomic E-state index is 12.4. The molecule has 3 rings (SSSR count). The van der Waals surface area contributed by atoms with Crippen molar-refractivity contribution in [1.29, 1.82) is 0 Å². The largest absolute Gasteiger partial charge is 0.341 e. The van der Waals surface area contributed by atoms with E-state index in [4.69, 9.17) is 0 Å². The van der Waals surface area contributed by atoms with Gasteiger partial charge in [-0.1, -0.05) is 6.92 Å². The number of nitrogens with zero attached hydrogens (tertiary/aromatic N) is 3. The fraction of sp³-hybridized carbons (Fsp3) is 0.733. The van der Waals surface area contributed by atoms with Crippen LogP contribution >= 0.6 is 11.3 Å². The summed E-state index contributed by atoms with van der Waals surface area (Å²) in [6, 6.07) is 0.553. The van der Waals surface area contributed by atoms with Crippen LogP contribution in [0.1, 0.15) is 24.0 Å². The normalized spacial score (nSPS) is 23.7. The van der Waals surface area contributed by atoms with E-state index in [1.54, 1.807) is 11.3 Å². The van der Waals surface area contributed by atoms with E-state index in [2.05, 4.69) is 22.1 Å². The maximum absolute atomic E-state index is 12.4. The van der Waals surface area contributed by atoms with Crippen molar-refractivity contribution in [3.63, 3.8) is 0 Å². The number of piperazine rings is 1. The number of carbonyl (C=O) groups is 1. The van der Waals surface area contributed by atoms with Crippen LogP contribution in [0.25, 0.3) is 0 Å². The smallest absolute Gasteiger partial charge is 0.228 e. The number of rotatable bonds is 4. The van der Waals surface area contributed by atoms with Crippen molar-refractivity contribution in [1.82, 2.24) is 20.1 Å². The Morgan fingerprint density at radius 1 is 1.43 bits per heavy atom. The zero-order chi connectivity index (χ0) is 14.7. The van der Waals surface area contributed by atoms with Gasteiger partial charge in [0.05, 0.1) is 17.1 Å². The number of thiazole rings is 1. The zero-order valence-corrected chi connectivity index (χ0v) is 13.5. The molecule has 2 saturated heterocycles. The second kappa shape index (κ2) is 6.85. The minimum atomic E-state index is 0.237. The van der Waals surface area contributed by atoms with Crippen molar-refractivity contribution in [3.8, 4) is 0 Å². The quantitative estimate of drug-likeness (QED) is 0.892. The molecule has 1 N–H and O–H groups in total. The predicted molar refractivity (Wildman–Crippen MR) is 84.6 cm³/mol. The van der Waals surface area contributed by atoms with Gasteiger partial charge in [0.2, 0.25) is 5.91 Å². The van der Waals surface area contributed by atoms with E-state index in [1.165, 1.54) is 0 Å². The molecule has 1 atom stereocenters. The summed E-state index contributed by atoms with van der Waals surface area (Å²) in [5.41, 5.74) is 0.937. The van der Waals surface area contributed by atoms with Crippen LogP contribution in [0.4, 0.5) is 0 Å². The van der Waals surface area contributed by atoms with Crippen molar-refractivity contribution in [2.45, 2.75) is 32.2 Å².